The second kappa shape index (κ2) is 8.65. The minimum atomic E-state index is -0.127. The fourth-order valence-electron chi connectivity index (χ4n) is 2.68. The van der Waals surface area contributed by atoms with Gasteiger partial charge in [0.1, 0.15) is 11.5 Å². The third-order valence-corrected chi connectivity index (χ3v) is 3.85. The van der Waals surface area contributed by atoms with Crippen molar-refractivity contribution in [3.8, 4) is 11.5 Å². The summed E-state index contributed by atoms with van der Waals surface area (Å²) >= 11 is 0. The standard InChI is InChI=1S/C21H26N2O3/c1-22(2)13-17-11-16(12-18(21(17)26)14-23(3)4)20(25)10-7-15-5-8-19(24)9-6-15/h5-12,24,26H,13-14H2,1-4H3. The van der Waals surface area contributed by atoms with Gasteiger partial charge in [-0.2, -0.15) is 0 Å². The fourth-order valence-corrected chi connectivity index (χ4v) is 2.68. The Balaban J connectivity index is 2.33. The molecule has 2 N–H and O–H groups in total. The van der Waals surface area contributed by atoms with Gasteiger partial charge in [-0.1, -0.05) is 18.2 Å². The average molecular weight is 354 g/mol. The van der Waals surface area contributed by atoms with Gasteiger partial charge in [0.15, 0.2) is 5.78 Å². The summed E-state index contributed by atoms with van der Waals surface area (Å²) in [6, 6.07) is 10.1. The number of rotatable bonds is 7. The molecule has 2 aromatic rings. The summed E-state index contributed by atoms with van der Waals surface area (Å²) in [5, 5.41) is 19.8. The number of aromatic hydroxyl groups is 2. The lowest BCUT2D eigenvalue weighted by Crippen LogP contribution is -2.15. The van der Waals surface area contributed by atoms with Gasteiger partial charge in [0.2, 0.25) is 0 Å². The van der Waals surface area contributed by atoms with E-state index in [9.17, 15) is 15.0 Å². The van der Waals surface area contributed by atoms with E-state index in [0.717, 1.165) is 16.7 Å². The van der Waals surface area contributed by atoms with Crippen molar-refractivity contribution in [3.63, 3.8) is 0 Å². The Kier molecular flexibility index (Phi) is 6.55. The van der Waals surface area contributed by atoms with Crippen molar-refractivity contribution in [1.82, 2.24) is 9.80 Å². The van der Waals surface area contributed by atoms with Crippen molar-refractivity contribution in [1.29, 1.82) is 0 Å². The van der Waals surface area contributed by atoms with Crippen molar-refractivity contribution >= 4 is 11.9 Å². The first-order valence-corrected chi connectivity index (χ1v) is 8.42. The fraction of sp³-hybridized carbons (Fsp3) is 0.286. The van der Waals surface area contributed by atoms with Crippen LogP contribution in [0, 0.1) is 0 Å². The van der Waals surface area contributed by atoms with Crippen LogP contribution in [0.2, 0.25) is 0 Å². The number of carbonyl (C=O) groups excluding carboxylic acids is 1. The Hall–Kier alpha value is -2.63. The third kappa shape index (κ3) is 5.44. The summed E-state index contributed by atoms with van der Waals surface area (Å²) in [6.45, 7) is 1.10. The van der Waals surface area contributed by atoms with Crippen LogP contribution in [0.4, 0.5) is 0 Å². The van der Waals surface area contributed by atoms with Crippen molar-refractivity contribution in [2.75, 3.05) is 28.2 Å². The van der Waals surface area contributed by atoms with Gasteiger partial charge in [-0.15, -0.1) is 0 Å². The second-order valence-corrected chi connectivity index (χ2v) is 6.91. The molecule has 0 radical (unpaired) electrons. The Morgan fingerprint density at radius 3 is 1.88 bits per heavy atom. The number of hydrogen-bond donors (Lipinski definition) is 2. The lowest BCUT2D eigenvalue weighted by molar-refractivity contribution is 0.104. The van der Waals surface area contributed by atoms with E-state index in [1.165, 1.54) is 6.08 Å². The zero-order chi connectivity index (χ0) is 19.3. The summed E-state index contributed by atoms with van der Waals surface area (Å²) in [6.07, 6.45) is 3.23. The van der Waals surface area contributed by atoms with Crippen LogP contribution in [0.15, 0.2) is 42.5 Å². The van der Waals surface area contributed by atoms with Gasteiger partial charge >= 0.3 is 0 Å². The summed E-state index contributed by atoms with van der Waals surface area (Å²) < 4.78 is 0. The van der Waals surface area contributed by atoms with Gasteiger partial charge in [-0.3, -0.25) is 4.79 Å². The monoisotopic (exact) mass is 354 g/mol. The quantitative estimate of drug-likeness (QED) is 0.591. The topological polar surface area (TPSA) is 64.0 Å². The molecule has 0 aromatic heterocycles. The molecule has 5 heteroatoms. The highest BCUT2D eigenvalue weighted by Gasteiger charge is 2.14. The summed E-state index contributed by atoms with van der Waals surface area (Å²) in [5.74, 6) is 0.304. The molecule has 5 nitrogen and oxygen atoms in total. The number of phenolic OH excluding ortho intramolecular Hbond substituents is 2. The first-order chi connectivity index (χ1) is 12.3. The Morgan fingerprint density at radius 1 is 0.923 bits per heavy atom. The number of hydrogen-bond acceptors (Lipinski definition) is 5. The molecule has 0 saturated carbocycles. The van der Waals surface area contributed by atoms with Gasteiger partial charge in [0, 0.05) is 29.8 Å². The number of phenols is 2. The van der Waals surface area contributed by atoms with E-state index in [1.807, 2.05) is 38.0 Å². The lowest BCUT2D eigenvalue weighted by atomic mass is 10.00. The van der Waals surface area contributed by atoms with E-state index in [2.05, 4.69) is 0 Å². The summed E-state index contributed by atoms with van der Waals surface area (Å²) in [7, 11) is 7.68. The molecular formula is C21H26N2O3. The number of benzene rings is 2. The molecule has 0 saturated heterocycles. The van der Waals surface area contributed by atoms with Gasteiger partial charge in [-0.25, -0.2) is 0 Å². The third-order valence-electron chi connectivity index (χ3n) is 3.85. The van der Waals surface area contributed by atoms with Gasteiger partial charge in [0.25, 0.3) is 0 Å². The number of carbonyl (C=O) groups is 1. The smallest absolute Gasteiger partial charge is 0.185 e. The molecule has 0 fully saturated rings. The Morgan fingerprint density at radius 2 is 1.42 bits per heavy atom. The molecule has 138 valence electrons. The van der Waals surface area contributed by atoms with Crippen LogP contribution in [0.5, 0.6) is 11.5 Å². The highest BCUT2D eigenvalue weighted by Crippen LogP contribution is 2.27. The Bertz CT molecular complexity index is 762. The predicted octanol–water partition coefficient (Wildman–Crippen LogP) is 3.12. The predicted molar refractivity (Wildman–Crippen MR) is 104 cm³/mol. The molecule has 0 aliphatic heterocycles. The molecule has 26 heavy (non-hydrogen) atoms. The minimum Gasteiger partial charge on any atom is -0.508 e. The normalized spacial score (nSPS) is 11.6. The maximum atomic E-state index is 12.6. The largest absolute Gasteiger partial charge is 0.508 e. The van der Waals surface area contributed by atoms with E-state index in [0.29, 0.717) is 18.7 Å². The van der Waals surface area contributed by atoms with Crippen LogP contribution >= 0.6 is 0 Å². The molecule has 0 amide bonds. The number of nitrogens with zero attached hydrogens (tertiary/aromatic N) is 2. The van der Waals surface area contributed by atoms with E-state index in [4.69, 9.17) is 0 Å². The van der Waals surface area contributed by atoms with Crippen LogP contribution in [-0.4, -0.2) is 54.0 Å². The lowest BCUT2D eigenvalue weighted by Gasteiger charge is -2.17. The van der Waals surface area contributed by atoms with E-state index in [-0.39, 0.29) is 17.3 Å². The minimum absolute atomic E-state index is 0.127. The van der Waals surface area contributed by atoms with Gasteiger partial charge < -0.3 is 20.0 Å². The van der Waals surface area contributed by atoms with Crippen molar-refractivity contribution in [2.24, 2.45) is 0 Å². The highest BCUT2D eigenvalue weighted by atomic mass is 16.3. The molecule has 0 spiro atoms. The summed E-state index contributed by atoms with van der Waals surface area (Å²) in [5.41, 5.74) is 2.84. The first-order valence-electron chi connectivity index (χ1n) is 8.42. The van der Waals surface area contributed by atoms with Crippen molar-refractivity contribution in [2.45, 2.75) is 13.1 Å². The van der Waals surface area contributed by atoms with E-state index < -0.39 is 0 Å². The molecular weight excluding hydrogens is 328 g/mol. The van der Waals surface area contributed by atoms with Crippen LogP contribution < -0.4 is 0 Å². The highest BCUT2D eigenvalue weighted by molar-refractivity contribution is 6.07. The van der Waals surface area contributed by atoms with Crippen molar-refractivity contribution in [3.05, 3.63) is 64.7 Å². The van der Waals surface area contributed by atoms with Crippen LogP contribution in [0.25, 0.3) is 6.08 Å². The zero-order valence-electron chi connectivity index (χ0n) is 15.7. The molecule has 0 unspecified atom stereocenters. The van der Waals surface area contributed by atoms with Gasteiger partial charge in [-0.05, 0) is 64.1 Å². The van der Waals surface area contributed by atoms with E-state index >= 15 is 0 Å². The zero-order valence-corrected chi connectivity index (χ0v) is 15.7. The van der Waals surface area contributed by atoms with Crippen LogP contribution in [-0.2, 0) is 13.1 Å². The van der Waals surface area contributed by atoms with Gasteiger partial charge in [0.05, 0.1) is 0 Å². The molecule has 0 atom stereocenters. The van der Waals surface area contributed by atoms with Crippen LogP contribution in [0.3, 0.4) is 0 Å². The average Bonchev–Trinajstić information content (AvgIpc) is 2.56. The van der Waals surface area contributed by atoms with E-state index in [1.54, 1.807) is 42.5 Å². The number of ketones is 1. The molecule has 2 rings (SSSR count). The SMILES string of the molecule is CN(C)Cc1cc(C(=O)C=Cc2ccc(O)cc2)cc(CN(C)C)c1O. The summed E-state index contributed by atoms with van der Waals surface area (Å²) in [4.78, 5) is 16.5. The second-order valence-electron chi connectivity index (χ2n) is 6.91. The van der Waals surface area contributed by atoms with Crippen molar-refractivity contribution < 1.29 is 15.0 Å². The molecule has 0 heterocycles. The maximum Gasteiger partial charge on any atom is 0.185 e. The Labute approximate surface area is 154 Å². The first kappa shape index (κ1) is 19.7. The molecule has 2 aromatic carbocycles. The molecule has 0 bridgehead atoms. The number of allylic oxidation sites excluding steroid dienone is 1. The molecule has 0 aliphatic carbocycles. The van der Waals surface area contributed by atoms with Crippen LogP contribution in [0.1, 0.15) is 27.0 Å². The maximum absolute atomic E-state index is 12.6. The molecule has 0 aliphatic rings.